The topological polar surface area (TPSA) is 81.5 Å². The Bertz CT molecular complexity index is 997. The van der Waals surface area contributed by atoms with Crippen LogP contribution in [0.4, 0.5) is 11.4 Å². The molecule has 0 aliphatic carbocycles. The molecular formula is C20H18N2O4S. The van der Waals surface area contributed by atoms with Gasteiger partial charge in [-0.15, -0.1) is 11.3 Å². The van der Waals surface area contributed by atoms with Crippen LogP contribution in [-0.4, -0.2) is 10.8 Å². The number of benzene rings is 2. The van der Waals surface area contributed by atoms with Crippen LogP contribution in [-0.2, 0) is 6.61 Å². The molecule has 1 N–H and O–H groups in total. The first-order valence-corrected chi connectivity index (χ1v) is 9.15. The third-order valence-corrected chi connectivity index (χ3v) is 5.16. The van der Waals surface area contributed by atoms with Crippen molar-refractivity contribution in [1.82, 2.24) is 0 Å². The fourth-order valence-corrected chi connectivity index (χ4v) is 3.32. The summed E-state index contributed by atoms with van der Waals surface area (Å²) in [6, 6.07) is 13.7. The monoisotopic (exact) mass is 382 g/mol. The van der Waals surface area contributed by atoms with Crippen molar-refractivity contribution < 1.29 is 14.5 Å². The summed E-state index contributed by atoms with van der Waals surface area (Å²) in [5.74, 6) is 0.0146. The van der Waals surface area contributed by atoms with Crippen LogP contribution in [0.1, 0.15) is 26.4 Å². The lowest BCUT2D eigenvalue weighted by atomic mass is 10.1. The Morgan fingerprint density at radius 3 is 2.74 bits per heavy atom. The highest BCUT2D eigenvalue weighted by Crippen LogP contribution is 2.27. The second-order valence-corrected chi connectivity index (χ2v) is 6.95. The molecule has 7 heteroatoms. The summed E-state index contributed by atoms with van der Waals surface area (Å²) < 4.78 is 5.56. The van der Waals surface area contributed by atoms with Crippen LogP contribution in [0.2, 0.25) is 0 Å². The third-order valence-electron chi connectivity index (χ3n) is 4.19. The fourth-order valence-electron chi connectivity index (χ4n) is 2.53. The number of nitrogens with zero attached hydrogens (tertiary/aromatic N) is 1. The van der Waals surface area contributed by atoms with Crippen molar-refractivity contribution in [2.75, 3.05) is 5.32 Å². The quantitative estimate of drug-likeness (QED) is 0.475. The first kappa shape index (κ1) is 18.6. The first-order chi connectivity index (χ1) is 13.0. The summed E-state index contributed by atoms with van der Waals surface area (Å²) in [7, 11) is 0. The van der Waals surface area contributed by atoms with Crippen LogP contribution in [0, 0.1) is 24.0 Å². The van der Waals surface area contributed by atoms with Crippen LogP contribution < -0.4 is 10.1 Å². The molecule has 0 saturated heterocycles. The highest BCUT2D eigenvalue weighted by Gasteiger charge is 2.15. The minimum atomic E-state index is -0.480. The lowest BCUT2D eigenvalue weighted by molar-refractivity contribution is -0.385. The third kappa shape index (κ3) is 4.32. The smallest absolute Gasteiger partial charge is 0.310 e. The Hall–Kier alpha value is -3.19. The van der Waals surface area contributed by atoms with Crippen LogP contribution in [0.15, 0.2) is 53.9 Å². The van der Waals surface area contributed by atoms with Crippen molar-refractivity contribution in [1.29, 1.82) is 0 Å². The average molecular weight is 382 g/mol. The molecule has 0 fully saturated rings. The van der Waals surface area contributed by atoms with Gasteiger partial charge in [0.2, 0.25) is 0 Å². The number of amides is 1. The van der Waals surface area contributed by atoms with E-state index < -0.39 is 4.92 Å². The van der Waals surface area contributed by atoms with Crippen LogP contribution in [0.25, 0.3) is 0 Å². The number of para-hydroxylation sites is 2. The zero-order valence-electron chi connectivity index (χ0n) is 14.9. The number of nitro benzene ring substituents is 1. The van der Waals surface area contributed by atoms with Crippen molar-refractivity contribution in [2.24, 2.45) is 0 Å². The van der Waals surface area contributed by atoms with Crippen LogP contribution in [0.5, 0.6) is 5.75 Å². The SMILES string of the molecule is Cc1cccc(NC(=O)c2cc(COc3ccccc3[N+](=O)[O-])cs2)c1C. The van der Waals surface area contributed by atoms with Crippen molar-refractivity contribution >= 4 is 28.6 Å². The van der Waals surface area contributed by atoms with Gasteiger partial charge in [0.25, 0.3) is 5.91 Å². The number of anilines is 1. The van der Waals surface area contributed by atoms with Crippen LogP contribution >= 0.6 is 11.3 Å². The minimum Gasteiger partial charge on any atom is -0.482 e. The molecule has 1 amide bonds. The summed E-state index contributed by atoms with van der Waals surface area (Å²) in [5.41, 5.74) is 3.62. The predicted molar refractivity (Wildman–Crippen MR) is 106 cm³/mol. The van der Waals surface area contributed by atoms with Gasteiger partial charge in [-0.05, 0) is 48.6 Å². The molecule has 0 spiro atoms. The van der Waals surface area contributed by atoms with Crippen molar-refractivity contribution in [3.8, 4) is 5.75 Å². The Labute approximate surface area is 160 Å². The van der Waals surface area contributed by atoms with Crippen molar-refractivity contribution in [3.63, 3.8) is 0 Å². The van der Waals surface area contributed by atoms with E-state index in [-0.39, 0.29) is 24.0 Å². The molecule has 0 aliphatic rings. The Morgan fingerprint density at radius 2 is 1.96 bits per heavy atom. The van der Waals surface area contributed by atoms with Gasteiger partial charge in [-0.1, -0.05) is 24.3 Å². The van der Waals surface area contributed by atoms with E-state index in [2.05, 4.69) is 5.32 Å². The molecule has 1 aromatic heterocycles. The van der Waals surface area contributed by atoms with Gasteiger partial charge in [-0.2, -0.15) is 0 Å². The number of carbonyl (C=O) groups excluding carboxylic acids is 1. The number of hydrogen-bond acceptors (Lipinski definition) is 5. The van der Waals surface area contributed by atoms with Gasteiger partial charge in [0.05, 0.1) is 9.80 Å². The molecule has 0 aliphatic heterocycles. The number of rotatable bonds is 6. The van der Waals surface area contributed by atoms with E-state index in [1.165, 1.54) is 17.4 Å². The standard InChI is InChI=1S/C20H18N2O4S/c1-13-6-5-7-16(14(13)2)21-20(23)19-10-15(12-27-19)11-26-18-9-4-3-8-17(18)22(24)25/h3-10,12H,11H2,1-2H3,(H,21,23). The van der Waals surface area contributed by atoms with Crippen molar-refractivity contribution in [2.45, 2.75) is 20.5 Å². The van der Waals surface area contributed by atoms with Gasteiger partial charge in [-0.25, -0.2) is 0 Å². The zero-order valence-corrected chi connectivity index (χ0v) is 15.7. The summed E-state index contributed by atoms with van der Waals surface area (Å²) >= 11 is 1.31. The highest BCUT2D eigenvalue weighted by atomic mass is 32.1. The predicted octanol–water partition coefficient (Wildman–Crippen LogP) is 5.10. The summed E-state index contributed by atoms with van der Waals surface area (Å²) in [5, 5.41) is 15.8. The second-order valence-electron chi connectivity index (χ2n) is 6.03. The summed E-state index contributed by atoms with van der Waals surface area (Å²) in [6.45, 7) is 4.11. The van der Waals surface area contributed by atoms with E-state index in [4.69, 9.17) is 4.74 Å². The van der Waals surface area contributed by atoms with E-state index in [0.717, 1.165) is 22.4 Å². The molecule has 0 radical (unpaired) electrons. The molecule has 3 aromatic rings. The fraction of sp³-hybridized carbons (Fsp3) is 0.150. The van der Waals surface area contributed by atoms with E-state index in [1.54, 1.807) is 24.3 Å². The van der Waals surface area contributed by atoms with E-state index in [0.29, 0.717) is 4.88 Å². The van der Waals surface area contributed by atoms with Gasteiger partial charge < -0.3 is 10.1 Å². The molecule has 0 saturated carbocycles. The Morgan fingerprint density at radius 1 is 1.19 bits per heavy atom. The van der Waals surface area contributed by atoms with E-state index in [9.17, 15) is 14.9 Å². The van der Waals surface area contributed by atoms with E-state index >= 15 is 0 Å². The maximum atomic E-state index is 12.5. The summed E-state index contributed by atoms with van der Waals surface area (Å²) in [6.07, 6.45) is 0. The molecule has 27 heavy (non-hydrogen) atoms. The number of aryl methyl sites for hydroxylation is 1. The minimum absolute atomic E-state index is 0.0828. The maximum Gasteiger partial charge on any atom is 0.310 e. The van der Waals surface area contributed by atoms with Crippen molar-refractivity contribution in [3.05, 3.63) is 85.6 Å². The number of nitro groups is 1. The molecule has 138 valence electrons. The molecule has 1 heterocycles. The Kier molecular flexibility index (Phi) is 5.52. The molecule has 6 nitrogen and oxygen atoms in total. The largest absolute Gasteiger partial charge is 0.482 e. The second kappa shape index (κ2) is 8.01. The Balaban J connectivity index is 1.67. The van der Waals surface area contributed by atoms with Crippen LogP contribution in [0.3, 0.4) is 0 Å². The highest BCUT2D eigenvalue weighted by molar-refractivity contribution is 7.12. The zero-order chi connectivity index (χ0) is 19.4. The van der Waals surface area contributed by atoms with Gasteiger partial charge in [0, 0.05) is 17.3 Å². The van der Waals surface area contributed by atoms with Gasteiger partial charge in [0.15, 0.2) is 5.75 Å². The summed E-state index contributed by atoms with van der Waals surface area (Å²) in [4.78, 5) is 23.6. The first-order valence-electron chi connectivity index (χ1n) is 8.27. The molecule has 2 aromatic carbocycles. The molecule has 0 bridgehead atoms. The molecule has 0 unspecified atom stereocenters. The number of hydrogen-bond donors (Lipinski definition) is 1. The number of ether oxygens (including phenoxy) is 1. The molecule has 0 atom stereocenters. The lowest BCUT2D eigenvalue weighted by Crippen LogP contribution is -2.11. The van der Waals surface area contributed by atoms with Gasteiger partial charge in [-0.3, -0.25) is 14.9 Å². The lowest BCUT2D eigenvalue weighted by Gasteiger charge is -2.09. The molecule has 3 rings (SSSR count). The average Bonchev–Trinajstić information content (AvgIpc) is 3.13. The number of nitrogens with one attached hydrogen (secondary N) is 1. The molecular weight excluding hydrogens is 364 g/mol. The number of carbonyl (C=O) groups is 1. The van der Waals surface area contributed by atoms with Gasteiger partial charge >= 0.3 is 5.69 Å². The normalized spacial score (nSPS) is 10.4. The van der Waals surface area contributed by atoms with Gasteiger partial charge in [0.1, 0.15) is 6.61 Å². The maximum absolute atomic E-state index is 12.5. The van der Waals surface area contributed by atoms with E-state index in [1.807, 2.05) is 37.4 Å². The number of thiophene rings is 1.